The third-order valence-corrected chi connectivity index (χ3v) is 5.38. The topological polar surface area (TPSA) is 29.3 Å². The SMILES string of the molecule is CC(C)CCN(C)C1(CN)CCCC(C2CC2)C1. The van der Waals surface area contributed by atoms with E-state index in [0.717, 1.165) is 24.3 Å². The van der Waals surface area contributed by atoms with Crippen molar-refractivity contribution in [3.63, 3.8) is 0 Å². The van der Waals surface area contributed by atoms with Crippen LogP contribution < -0.4 is 5.73 Å². The fraction of sp³-hybridized carbons (Fsp3) is 1.00. The summed E-state index contributed by atoms with van der Waals surface area (Å²) < 4.78 is 0. The molecule has 106 valence electrons. The van der Waals surface area contributed by atoms with Crippen molar-refractivity contribution in [3.8, 4) is 0 Å². The van der Waals surface area contributed by atoms with Gasteiger partial charge in [-0.25, -0.2) is 0 Å². The zero-order valence-corrected chi connectivity index (χ0v) is 12.6. The highest BCUT2D eigenvalue weighted by atomic mass is 15.2. The molecule has 0 radical (unpaired) electrons. The van der Waals surface area contributed by atoms with E-state index in [1.54, 1.807) is 0 Å². The molecule has 2 nitrogen and oxygen atoms in total. The standard InChI is InChI=1S/C16H32N2/c1-13(2)8-10-18(3)16(12-17)9-4-5-15(11-16)14-6-7-14/h13-15H,4-12,17H2,1-3H3. The van der Waals surface area contributed by atoms with Gasteiger partial charge in [0, 0.05) is 12.1 Å². The summed E-state index contributed by atoms with van der Waals surface area (Å²) in [4.78, 5) is 2.60. The summed E-state index contributed by atoms with van der Waals surface area (Å²) in [7, 11) is 2.31. The van der Waals surface area contributed by atoms with Gasteiger partial charge in [0.15, 0.2) is 0 Å². The molecule has 0 aromatic heterocycles. The summed E-state index contributed by atoms with van der Waals surface area (Å²) in [6.45, 7) is 6.70. The van der Waals surface area contributed by atoms with Crippen molar-refractivity contribution < 1.29 is 0 Å². The number of hydrogen-bond acceptors (Lipinski definition) is 2. The minimum atomic E-state index is 0.320. The maximum absolute atomic E-state index is 6.19. The summed E-state index contributed by atoms with van der Waals surface area (Å²) in [5.41, 5.74) is 6.51. The van der Waals surface area contributed by atoms with Crippen molar-refractivity contribution in [3.05, 3.63) is 0 Å². The summed E-state index contributed by atoms with van der Waals surface area (Å²) >= 11 is 0. The predicted octanol–water partition coefficient (Wildman–Crippen LogP) is 3.26. The van der Waals surface area contributed by atoms with Gasteiger partial charge >= 0.3 is 0 Å². The van der Waals surface area contributed by atoms with Crippen LogP contribution in [0.4, 0.5) is 0 Å². The second-order valence-electron chi connectivity index (χ2n) is 7.23. The fourth-order valence-corrected chi connectivity index (χ4v) is 3.73. The average Bonchev–Trinajstić information content (AvgIpc) is 3.20. The lowest BCUT2D eigenvalue weighted by Gasteiger charge is -2.47. The van der Waals surface area contributed by atoms with Gasteiger partial charge in [0.25, 0.3) is 0 Å². The van der Waals surface area contributed by atoms with Crippen molar-refractivity contribution in [2.45, 2.75) is 64.3 Å². The van der Waals surface area contributed by atoms with Crippen LogP contribution in [0.2, 0.25) is 0 Å². The van der Waals surface area contributed by atoms with Crippen molar-refractivity contribution in [1.82, 2.24) is 4.90 Å². The molecule has 2 N–H and O–H groups in total. The third kappa shape index (κ3) is 3.27. The molecule has 2 rings (SSSR count). The number of likely N-dealkylation sites (N-methyl/N-ethyl adjacent to an activating group) is 1. The normalized spacial score (nSPS) is 33.3. The van der Waals surface area contributed by atoms with Gasteiger partial charge in [0.05, 0.1) is 0 Å². The molecule has 0 saturated heterocycles. The molecule has 0 amide bonds. The highest BCUT2D eigenvalue weighted by Crippen LogP contribution is 2.47. The maximum Gasteiger partial charge on any atom is 0.0331 e. The Hall–Kier alpha value is -0.0800. The number of rotatable bonds is 6. The first-order valence-corrected chi connectivity index (χ1v) is 7.99. The van der Waals surface area contributed by atoms with Crippen LogP contribution in [0.15, 0.2) is 0 Å². The monoisotopic (exact) mass is 252 g/mol. The Labute approximate surface area is 113 Å². The van der Waals surface area contributed by atoms with Gasteiger partial charge in [-0.1, -0.05) is 26.7 Å². The first-order chi connectivity index (χ1) is 8.57. The average molecular weight is 252 g/mol. The lowest BCUT2D eigenvalue weighted by molar-refractivity contribution is 0.0485. The minimum Gasteiger partial charge on any atom is -0.329 e. The van der Waals surface area contributed by atoms with Gasteiger partial charge in [0.2, 0.25) is 0 Å². The molecule has 2 aliphatic carbocycles. The van der Waals surface area contributed by atoms with Gasteiger partial charge in [-0.15, -0.1) is 0 Å². The molecular weight excluding hydrogens is 220 g/mol. The minimum absolute atomic E-state index is 0.320. The molecule has 0 aliphatic heterocycles. The first-order valence-electron chi connectivity index (χ1n) is 7.99. The maximum atomic E-state index is 6.19. The second kappa shape index (κ2) is 5.92. The van der Waals surface area contributed by atoms with Crippen molar-refractivity contribution in [1.29, 1.82) is 0 Å². The van der Waals surface area contributed by atoms with Crippen LogP contribution in [0.5, 0.6) is 0 Å². The molecule has 0 bridgehead atoms. The zero-order valence-electron chi connectivity index (χ0n) is 12.6. The van der Waals surface area contributed by atoms with Gasteiger partial charge in [0.1, 0.15) is 0 Å². The lowest BCUT2D eigenvalue weighted by atomic mass is 9.73. The molecule has 2 saturated carbocycles. The van der Waals surface area contributed by atoms with Crippen LogP contribution in [0.25, 0.3) is 0 Å². The van der Waals surface area contributed by atoms with Crippen LogP contribution in [-0.4, -0.2) is 30.6 Å². The molecule has 2 fully saturated rings. The van der Waals surface area contributed by atoms with Crippen LogP contribution in [0.3, 0.4) is 0 Å². The molecule has 2 unspecified atom stereocenters. The zero-order chi connectivity index (χ0) is 13.2. The summed E-state index contributed by atoms with van der Waals surface area (Å²) in [5, 5.41) is 0. The van der Waals surface area contributed by atoms with E-state index in [4.69, 9.17) is 5.73 Å². The van der Waals surface area contributed by atoms with E-state index < -0.39 is 0 Å². The molecule has 0 heterocycles. The highest BCUT2D eigenvalue weighted by molar-refractivity contribution is 4.98. The van der Waals surface area contributed by atoms with Crippen LogP contribution >= 0.6 is 0 Å². The fourth-order valence-electron chi connectivity index (χ4n) is 3.73. The van der Waals surface area contributed by atoms with Gasteiger partial charge < -0.3 is 5.73 Å². The largest absolute Gasteiger partial charge is 0.329 e. The highest BCUT2D eigenvalue weighted by Gasteiger charge is 2.43. The number of nitrogens with zero attached hydrogens (tertiary/aromatic N) is 1. The Morgan fingerprint density at radius 2 is 1.94 bits per heavy atom. The molecule has 18 heavy (non-hydrogen) atoms. The van der Waals surface area contributed by atoms with Crippen LogP contribution in [-0.2, 0) is 0 Å². The molecule has 2 aliphatic rings. The van der Waals surface area contributed by atoms with Crippen LogP contribution in [0.1, 0.15) is 58.8 Å². The third-order valence-electron chi connectivity index (χ3n) is 5.38. The van der Waals surface area contributed by atoms with Crippen molar-refractivity contribution in [2.75, 3.05) is 20.1 Å². The van der Waals surface area contributed by atoms with E-state index in [-0.39, 0.29) is 0 Å². The lowest BCUT2D eigenvalue weighted by Crippen LogP contribution is -2.55. The molecule has 2 atom stereocenters. The van der Waals surface area contributed by atoms with Gasteiger partial charge in [-0.2, -0.15) is 0 Å². The van der Waals surface area contributed by atoms with Crippen LogP contribution in [0, 0.1) is 17.8 Å². The van der Waals surface area contributed by atoms with Gasteiger partial charge in [-0.05, 0) is 63.5 Å². The predicted molar refractivity (Wildman–Crippen MR) is 78.6 cm³/mol. The summed E-state index contributed by atoms with van der Waals surface area (Å²) in [6, 6.07) is 0. The van der Waals surface area contributed by atoms with E-state index >= 15 is 0 Å². The summed E-state index contributed by atoms with van der Waals surface area (Å²) in [6.07, 6.45) is 9.81. The van der Waals surface area contributed by atoms with Gasteiger partial charge in [-0.3, -0.25) is 4.90 Å². The van der Waals surface area contributed by atoms with E-state index in [2.05, 4.69) is 25.8 Å². The van der Waals surface area contributed by atoms with E-state index in [0.29, 0.717) is 5.54 Å². The molecule has 0 aromatic rings. The Morgan fingerprint density at radius 3 is 2.50 bits per heavy atom. The second-order valence-corrected chi connectivity index (χ2v) is 7.23. The van der Waals surface area contributed by atoms with Crippen molar-refractivity contribution >= 4 is 0 Å². The number of hydrogen-bond donors (Lipinski definition) is 1. The number of nitrogens with two attached hydrogens (primary N) is 1. The Morgan fingerprint density at radius 1 is 1.22 bits per heavy atom. The molecule has 0 spiro atoms. The van der Waals surface area contributed by atoms with Crippen molar-refractivity contribution in [2.24, 2.45) is 23.5 Å². The van der Waals surface area contributed by atoms with E-state index in [1.165, 1.54) is 51.5 Å². The molecule has 2 heteroatoms. The Bertz CT molecular complexity index is 260. The molecule has 0 aromatic carbocycles. The van der Waals surface area contributed by atoms with E-state index in [1.807, 2.05) is 0 Å². The first kappa shape index (κ1) is 14.3. The van der Waals surface area contributed by atoms with E-state index in [9.17, 15) is 0 Å². The Kier molecular flexibility index (Phi) is 4.71. The molecular formula is C16H32N2. The smallest absolute Gasteiger partial charge is 0.0331 e. The summed E-state index contributed by atoms with van der Waals surface area (Å²) in [5.74, 6) is 2.82. The Balaban J connectivity index is 1.94. The quantitative estimate of drug-likeness (QED) is 0.786.